The number of anilines is 1. The van der Waals surface area contributed by atoms with E-state index in [4.69, 9.17) is 35.9 Å². The van der Waals surface area contributed by atoms with Crippen molar-refractivity contribution in [3.63, 3.8) is 0 Å². The summed E-state index contributed by atoms with van der Waals surface area (Å²) in [6.45, 7) is 5.76. The Labute approximate surface area is 272 Å². The van der Waals surface area contributed by atoms with E-state index in [0.717, 1.165) is 24.6 Å². The number of carbonyl (C=O) groups is 1. The molecule has 1 aliphatic rings. The van der Waals surface area contributed by atoms with Gasteiger partial charge in [0.2, 0.25) is 5.28 Å². The maximum Gasteiger partial charge on any atom is 0.459 e. The minimum Gasteiger partial charge on any atom is -0.465 e. The Kier molecular flexibility index (Phi) is 11.1. The van der Waals surface area contributed by atoms with Crippen LogP contribution in [0, 0.1) is 5.92 Å². The van der Waals surface area contributed by atoms with Gasteiger partial charge in [0.15, 0.2) is 11.5 Å². The molecule has 0 saturated carbocycles. The minimum absolute atomic E-state index is 0.0480. The van der Waals surface area contributed by atoms with Crippen LogP contribution in [0.1, 0.15) is 59.1 Å². The fourth-order valence-electron chi connectivity index (χ4n) is 5.42. The number of nitrogens with two attached hydrogens (primary N) is 1. The van der Waals surface area contributed by atoms with E-state index < -0.39 is 44.8 Å². The lowest BCUT2D eigenvalue weighted by molar-refractivity contribution is -0.146. The number of nitrogens with one attached hydrogen (secondary N) is 1. The van der Waals surface area contributed by atoms with Crippen LogP contribution < -0.4 is 15.3 Å². The number of ether oxygens (including phenoxy) is 2. The maximum absolute atomic E-state index is 14.8. The highest BCUT2D eigenvalue weighted by molar-refractivity contribution is 7.52. The molecule has 1 saturated heterocycles. The number of aliphatic hydroxyl groups excluding tert-OH is 1. The van der Waals surface area contributed by atoms with Crippen LogP contribution in [-0.4, -0.2) is 62.1 Å². The molecule has 2 aromatic carbocycles. The first-order valence-electron chi connectivity index (χ1n) is 15.4. The molecule has 4 aromatic rings. The molecule has 5 rings (SSSR count). The van der Waals surface area contributed by atoms with Crippen molar-refractivity contribution in [2.24, 2.45) is 5.92 Å². The summed E-state index contributed by atoms with van der Waals surface area (Å²) in [5.74, 6) is -0.0968. The van der Waals surface area contributed by atoms with Gasteiger partial charge in [-0.25, -0.2) is 9.55 Å². The zero-order valence-electron chi connectivity index (χ0n) is 26.0. The molecule has 0 amide bonds. The fraction of sp³-hybridized carbons (Fsp3) is 0.484. The lowest BCUT2D eigenvalue weighted by atomic mass is 10.1. The summed E-state index contributed by atoms with van der Waals surface area (Å²) in [4.78, 5) is 25.8. The van der Waals surface area contributed by atoms with Gasteiger partial charge in [-0.3, -0.25) is 13.9 Å². The molecular weight excluding hydrogens is 635 g/mol. The standard InChI is InChI=1S/C31H40ClN6O7P/c1-4-5-8-14-42-30(40)22(15-19(2)3)37-46(41,44-23-13-9-11-20-10-6-7-12-21(20)23)45-24-16-26(43-25(24)17-39)38-18-34-27-28(33)35-31(32)36-29(27)38/h6-7,9-13,18-19,22,24-26,39H,4-5,8,14-17H2,1-3H3,(H,37,41)(H2,33,35,36)/t22-,24+,25+,26+,46?/m0/s1. The number of halogens is 1. The van der Waals surface area contributed by atoms with Crippen molar-refractivity contribution in [3.05, 3.63) is 54.1 Å². The molecule has 15 heteroatoms. The average Bonchev–Trinajstić information content (AvgIpc) is 3.62. The molecule has 4 N–H and O–H groups in total. The van der Waals surface area contributed by atoms with Crippen molar-refractivity contribution in [3.8, 4) is 5.75 Å². The van der Waals surface area contributed by atoms with Crippen LogP contribution in [0.25, 0.3) is 21.9 Å². The average molecular weight is 675 g/mol. The number of nitrogen functional groups attached to an aromatic ring is 1. The first-order chi connectivity index (χ1) is 22.1. The number of fused-ring (bicyclic) bond motifs is 2. The third-order valence-electron chi connectivity index (χ3n) is 7.63. The van der Waals surface area contributed by atoms with E-state index >= 15 is 0 Å². The van der Waals surface area contributed by atoms with Crippen LogP contribution in [0.5, 0.6) is 5.75 Å². The summed E-state index contributed by atoms with van der Waals surface area (Å²) >= 11 is 6.06. The Bertz CT molecular complexity index is 1700. The predicted octanol–water partition coefficient (Wildman–Crippen LogP) is 5.80. The first-order valence-corrected chi connectivity index (χ1v) is 17.3. The number of benzene rings is 2. The summed E-state index contributed by atoms with van der Waals surface area (Å²) in [5.41, 5.74) is 6.64. The van der Waals surface area contributed by atoms with Gasteiger partial charge >= 0.3 is 13.7 Å². The topological polar surface area (TPSA) is 173 Å². The Hall–Kier alpha value is -3.32. The molecule has 46 heavy (non-hydrogen) atoms. The van der Waals surface area contributed by atoms with Crippen LogP contribution in [0.2, 0.25) is 5.28 Å². The predicted molar refractivity (Wildman–Crippen MR) is 174 cm³/mol. The molecule has 1 unspecified atom stereocenters. The number of aliphatic hydroxyl groups is 1. The Morgan fingerprint density at radius 2 is 2.00 bits per heavy atom. The van der Waals surface area contributed by atoms with E-state index in [2.05, 4.69) is 27.0 Å². The highest BCUT2D eigenvalue weighted by Gasteiger charge is 2.45. The molecule has 5 atom stereocenters. The van der Waals surface area contributed by atoms with Gasteiger partial charge in [-0.05, 0) is 41.8 Å². The summed E-state index contributed by atoms with van der Waals surface area (Å²) in [6, 6.07) is 11.9. The number of hydrogen-bond acceptors (Lipinski definition) is 11. The van der Waals surface area contributed by atoms with Crippen molar-refractivity contribution in [1.82, 2.24) is 24.6 Å². The number of aromatic nitrogens is 4. The van der Waals surface area contributed by atoms with Crippen molar-refractivity contribution in [1.29, 1.82) is 0 Å². The van der Waals surface area contributed by atoms with Gasteiger partial charge < -0.3 is 24.8 Å². The quantitative estimate of drug-likeness (QED) is 0.0599. The number of esters is 1. The second-order valence-corrected chi connectivity index (χ2v) is 13.6. The highest BCUT2D eigenvalue weighted by Crippen LogP contribution is 2.51. The monoisotopic (exact) mass is 674 g/mol. The van der Waals surface area contributed by atoms with Crippen LogP contribution in [0.3, 0.4) is 0 Å². The fourth-order valence-corrected chi connectivity index (χ4v) is 7.33. The van der Waals surface area contributed by atoms with Gasteiger partial charge in [0, 0.05) is 11.8 Å². The third kappa shape index (κ3) is 7.96. The van der Waals surface area contributed by atoms with Crippen LogP contribution >= 0.6 is 19.3 Å². The minimum atomic E-state index is -4.36. The molecule has 248 valence electrons. The summed E-state index contributed by atoms with van der Waals surface area (Å²) in [6.07, 6.45) is 1.96. The molecule has 0 bridgehead atoms. The van der Waals surface area contributed by atoms with E-state index in [1.54, 1.807) is 16.7 Å². The molecular formula is C31H40ClN6O7P. The number of rotatable bonds is 15. The summed E-state index contributed by atoms with van der Waals surface area (Å²) in [5, 5.41) is 14.7. The Morgan fingerprint density at radius 1 is 1.22 bits per heavy atom. The molecule has 1 fully saturated rings. The van der Waals surface area contributed by atoms with Crippen molar-refractivity contribution >= 4 is 53.1 Å². The second kappa shape index (κ2) is 15.1. The van der Waals surface area contributed by atoms with Gasteiger partial charge in [-0.1, -0.05) is 70.0 Å². The number of nitrogens with zero attached hydrogens (tertiary/aromatic N) is 4. The molecule has 0 spiro atoms. The molecule has 0 radical (unpaired) electrons. The zero-order valence-corrected chi connectivity index (χ0v) is 27.7. The lowest BCUT2D eigenvalue weighted by Gasteiger charge is -2.28. The van der Waals surface area contributed by atoms with Crippen LogP contribution in [0.15, 0.2) is 48.8 Å². The number of hydrogen-bond donors (Lipinski definition) is 3. The van der Waals surface area contributed by atoms with Gasteiger partial charge in [0.05, 0.1) is 19.5 Å². The van der Waals surface area contributed by atoms with Crippen LogP contribution in [-0.2, 0) is 23.4 Å². The highest BCUT2D eigenvalue weighted by atomic mass is 35.5. The SMILES string of the molecule is CCCCCOC(=O)[C@H](CC(C)C)NP(=O)(Oc1cccc2ccccc12)O[C@@H]1C[C@H](n2cnc3c(N)nc(Cl)nc32)O[C@@H]1CO. The van der Waals surface area contributed by atoms with Gasteiger partial charge in [-0.2, -0.15) is 15.1 Å². The van der Waals surface area contributed by atoms with E-state index in [1.807, 2.05) is 44.2 Å². The summed E-state index contributed by atoms with van der Waals surface area (Å²) < 4.78 is 40.6. The van der Waals surface area contributed by atoms with Gasteiger partial charge in [-0.15, -0.1) is 0 Å². The molecule has 1 aliphatic heterocycles. The lowest BCUT2D eigenvalue weighted by Crippen LogP contribution is -2.40. The Morgan fingerprint density at radius 3 is 2.76 bits per heavy atom. The normalized spacial score (nSPS) is 20.3. The largest absolute Gasteiger partial charge is 0.465 e. The first kappa shape index (κ1) is 34.0. The van der Waals surface area contributed by atoms with Crippen molar-refractivity contribution < 1.29 is 33.0 Å². The van der Waals surface area contributed by atoms with E-state index in [0.29, 0.717) is 28.7 Å². The van der Waals surface area contributed by atoms with Crippen molar-refractivity contribution in [2.45, 2.75) is 77.4 Å². The Balaban J connectivity index is 1.46. The van der Waals surface area contributed by atoms with E-state index in [-0.39, 0.29) is 30.0 Å². The smallest absolute Gasteiger partial charge is 0.459 e. The van der Waals surface area contributed by atoms with Crippen molar-refractivity contribution in [2.75, 3.05) is 18.9 Å². The van der Waals surface area contributed by atoms with Crippen LogP contribution in [0.4, 0.5) is 5.82 Å². The second-order valence-electron chi connectivity index (χ2n) is 11.6. The number of unbranched alkanes of at least 4 members (excludes halogenated alkanes) is 2. The van der Waals surface area contributed by atoms with Gasteiger partial charge in [0.25, 0.3) is 0 Å². The summed E-state index contributed by atoms with van der Waals surface area (Å²) in [7, 11) is -4.36. The molecule has 0 aliphatic carbocycles. The zero-order chi connectivity index (χ0) is 32.8. The maximum atomic E-state index is 14.8. The van der Waals surface area contributed by atoms with E-state index in [1.165, 1.54) is 6.33 Å². The third-order valence-corrected chi connectivity index (χ3v) is 9.41. The van der Waals surface area contributed by atoms with E-state index in [9.17, 15) is 14.5 Å². The molecule has 2 aromatic heterocycles. The number of carbonyl (C=O) groups excluding carboxylic acids is 1. The molecule has 3 heterocycles. The molecule has 13 nitrogen and oxygen atoms in total. The number of imidazole rings is 1. The van der Waals surface area contributed by atoms with Gasteiger partial charge in [0.1, 0.15) is 35.7 Å².